The summed E-state index contributed by atoms with van der Waals surface area (Å²) < 4.78 is 0. The van der Waals surface area contributed by atoms with E-state index in [0.29, 0.717) is 11.6 Å². The molecule has 1 amide bonds. The Kier molecular flexibility index (Phi) is 5.05. The van der Waals surface area contributed by atoms with Crippen molar-refractivity contribution in [3.05, 3.63) is 64.7 Å². The van der Waals surface area contributed by atoms with Gasteiger partial charge in [0, 0.05) is 10.7 Å². The van der Waals surface area contributed by atoms with Gasteiger partial charge in [-0.3, -0.25) is 4.79 Å². The first kappa shape index (κ1) is 14.9. The molecule has 0 atom stereocenters. The van der Waals surface area contributed by atoms with Crippen LogP contribution in [0.1, 0.15) is 11.1 Å². The predicted molar refractivity (Wildman–Crippen MR) is 84.5 cm³/mol. The van der Waals surface area contributed by atoms with Crippen molar-refractivity contribution in [3.63, 3.8) is 0 Å². The second-order valence-corrected chi connectivity index (χ2v) is 5.22. The molecule has 4 heteroatoms. The fourth-order valence-corrected chi connectivity index (χ4v) is 2.24. The van der Waals surface area contributed by atoms with Crippen LogP contribution in [0.4, 0.5) is 5.69 Å². The molecule has 104 valence electrons. The third-order valence-electron chi connectivity index (χ3n) is 3.14. The molecule has 0 saturated carbocycles. The number of halogens is 2. The average Bonchev–Trinajstić information content (AvgIpc) is 2.47. The highest BCUT2D eigenvalue weighted by Crippen LogP contribution is 2.21. The van der Waals surface area contributed by atoms with Crippen LogP contribution in [0.5, 0.6) is 0 Å². The van der Waals surface area contributed by atoms with Crippen LogP contribution in [0, 0.1) is 6.92 Å². The first-order valence-corrected chi connectivity index (χ1v) is 7.19. The number of alkyl halides is 1. The van der Waals surface area contributed by atoms with E-state index in [1.54, 1.807) is 17.0 Å². The summed E-state index contributed by atoms with van der Waals surface area (Å²) >= 11 is 11.6. The molecule has 2 rings (SSSR count). The van der Waals surface area contributed by atoms with Gasteiger partial charge in [-0.15, -0.1) is 11.6 Å². The minimum Gasteiger partial charge on any atom is -0.307 e. The Bertz CT molecular complexity index is 596. The Labute approximate surface area is 128 Å². The SMILES string of the molecule is Cc1ccccc1CN(C(=O)CCl)c1ccc(Cl)cc1. The first-order chi connectivity index (χ1) is 9.61. The van der Waals surface area contributed by atoms with Gasteiger partial charge in [-0.05, 0) is 42.3 Å². The fourth-order valence-electron chi connectivity index (χ4n) is 1.97. The molecule has 0 aliphatic carbocycles. The van der Waals surface area contributed by atoms with Crippen LogP contribution in [0.2, 0.25) is 5.02 Å². The van der Waals surface area contributed by atoms with Crippen molar-refractivity contribution in [3.8, 4) is 0 Å². The van der Waals surface area contributed by atoms with E-state index in [4.69, 9.17) is 23.2 Å². The lowest BCUT2D eigenvalue weighted by atomic mass is 10.1. The standard InChI is InChI=1S/C16H15Cl2NO/c1-12-4-2-3-5-13(12)11-19(16(20)10-17)15-8-6-14(18)7-9-15/h2-9H,10-11H2,1H3. The number of amides is 1. The highest BCUT2D eigenvalue weighted by Gasteiger charge is 2.16. The van der Waals surface area contributed by atoms with E-state index in [1.807, 2.05) is 43.3 Å². The Morgan fingerprint density at radius 1 is 1.10 bits per heavy atom. The number of anilines is 1. The lowest BCUT2D eigenvalue weighted by molar-refractivity contribution is -0.116. The number of hydrogen-bond acceptors (Lipinski definition) is 1. The third-order valence-corrected chi connectivity index (χ3v) is 3.62. The molecule has 0 heterocycles. The zero-order valence-corrected chi connectivity index (χ0v) is 12.7. The quantitative estimate of drug-likeness (QED) is 0.766. The number of aryl methyl sites for hydroxylation is 1. The summed E-state index contributed by atoms with van der Waals surface area (Å²) in [6, 6.07) is 15.2. The Hall–Kier alpha value is -1.51. The van der Waals surface area contributed by atoms with Gasteiger partial charge in [-0.25, -0.2) is 0 Å². The number of hydrogen-bond donors (Lipinski definition) is 0. The van der Waals surface area contributed by atoms with Crippen molar-refractivity contribution >= 4 is 34.8 Å². The molecule has 0 radical (unpaired) electrons. The maximum absolute atomic E-state index is 12.1. The van der Waals surface area contributed by atoms with E-state index in [9.17, 15) is 4.79 Å². The maximum Gasteiger partial charge on any atom is 0.242 e. The smallest absolute Gasteiger partial charge is 0.242 e. The second kappa shape index (κ2) is 6.78. The van der Waals surface area contributed by atoms with Gasteiger partial charge >= 0.3 is 0 Å². The Morgan fingerprint density at radius 2 is 1.75 bits per heavy atom. The summed E-state index contributed by atoms with van der Waals surface area (Å²) in [6.07, 6.45) is 0. The van der Waals surface area contributed by atoms with Crippen molar-refractivity contribution in [1.82, 2.24) is 0 Å². The summed E-state index contributed by atoms with van der Waals surface area (Å²) in [5.41, 5.74) is 3.04. The molecule has 0 fully saturated rings. The molecular weight excluding hydrogens is 293 g/mol. The lowest BCUT2D eigenvalue weighted by Crippen LogP contribution is -2.31. The summed E-state index contributed by atoms with van der Waals surface area (Å²) in [7, 11) is 0. The van der Waals surface area contributed by atoms with Crippen molar-refractivity contribution < 1.29 is 4.79 Å². The van der Waals surface area contributed by atoms with Crippen LogP contribution in [-0.2, 0) is 11.3 Å². The minimum absolute atomic E-state index is 0.0471. The van der Waals surface area contributed by atoms with Crippen LogP contribution in [0.15, 0.2) is 48.5 Å². The van der Waals surface area contributed by atoms with E-state index in [2.05, 4.69) is 0 Å². The van der Waals surface area contributed by atoms with Crippen LogP contribution in [0.3, 0.4) is 0 Å². The molecule has 0 aliphatic rings. The molecular formula is C16H15Cl2NO. The lowest BCUT2D eigenvalue weighted by Gasteiger charge is -2.23. The summed E-state index contributed by atoms with van der Waals surface area (Å²) in [5.74, 6) is -0.175. The highest BCUT2D eigenvalue weighted by atomic mass is 35.5. The molecule has 2 aromatic rings. The number of nitrogens with zero attached hydrogens (tertiary/aromatic N) is 1. The molecule has 20 heavy (non-hydrogen) atoms. The summed E-state index contributed by atoms with van der Waals surface area (Å²) in [6.45, 7) is 2.53. The third kappa shape index (κ3) is 3.53. The van der Waals surface area contributed by atoms with E-state index < -0.39 is 0 Å². The molecule has 0 bridgehead atoms. The number of carbonyl (C=O) groups excluding carboxylic acids is 1. The number of carbonyl (C=O) groups is 1. The average molecular weight is 308 g/mol. The van der Waals surface area contributed by atoms with Gasteiger partial charge < -0.3 is 4.90 Å². The summed E-state index contributed by atoms with van der Waals surface area (Å²) in [5, 5.41) is 0.642. The van der Waals surface area contributed by atoms with Gasteiger partial charge in [0.15, 0.2) is 0 Å². The fraction of sp³-hybridized carbons (Fsp3) is 0.188. The van der Waals surface area contributed by atoms with Crippen LogP contribution in [0.25, 0.3) is 0 Å². The Balaban J connectivity index is 2.31. The van der Waals surface area contributed by atoms with Crippen molar-refractivity contribution in [2.75, 3.05) is 10.8 Å². The van der Waals surface area contributed by atoms with Gasteiger partial charge in [-0.2, -0.15) is 0 Å². The van der Waals surface area contributed by atoms with Crippen LogP contribution < -0.4 is 4.90 Å². The van der Waals surface area contributed by atoms with E-state index in [-0.39, 0.29) is 11.8 Å². The van der Waals surface area contributed by atoms with Crippen molar-refractivity contribution in [2.45, 2.75) is 13.5 Å². The normalized spacial score (nSPS) is 10.3. The van der Waals surface area contributed by atoms with Gasteiger partial charge in [0.25, 0.3) is 0 Å². The predicted octanol–water partition coefficient (Wildman–Crippen LogP) is 4.42. The zero-order valence-electron chi connectivity index (χ0n) is 11.1. The monoisotopic (exact) mass is 307 g/mol. The molecule has 0 aromatic heterocycles. The van der Waals surface area contributed by atoms with Gasteiger partial charge in [-0.1, -0.05) is 35.9 Å². The molecule has 0 aliphatic heterocycles. The maximum atomic E-state index is 12.1. The molecule has 2 aromatic carbocycles. The molecule has 0 N–H and O–H groups in total. The first-order valence-electron chi connectivity index (χ1n) is 6.28. The van der Waals surface area contributed by atoms with E-state index in [1.165, 1.54) is 0 Å². The topological polar surface area (TPSA) is 20.3 Å². The van der Waals surface area contributed by atoms with Crippen LogP contribution >= 0.6 is 23.2 Å². The number of rotatable bonds is 4. The molecule has 0 spiro atoms. The zero-order chi connectivity index (χ0) is 14.5. The van der Waals surface area contributed by atoms with Crippen LogP contribution in [-0.4, -0.2) is 11.8 Å². The minimum atomic E-state index is -0.128. The molecule has 2 nitrogen and oxygen atoms in total. The van der Waals surface area contributed by atoms with Gasteiger partial charge in [0.1, 0.15) is 5.88 Å². The van der Waals surface area contributed by atoms with Crippen molar-refractivity contribution in [2.24, 2.45) is 0 Å². The van der Waals surface area contributed by atoms with Crippen molar-refractivity contribution in [1.29, 1.82) is 0 Å². The number of benzene rings is 2. The largest absolute Gasteiger partial charge is 0.307 e. The Morgan fingerprint density at radius 3 is 2.35 bits per heavy atom. The van der Waals surface area contributed by atoms with E-state index >= 15 is 0 Å². The molecule has 0 unspecified atom stereocenters. The van der Waals surface area contributed by atoms with Gasteiger partial charge in [0.2, 0.25) is 5.91 Å². The second-order valence-electron chi connectivity index (χ2n) is 4.52. The summed E-state index contributed by atoms with van der Waals surface area (Å²) in [4.78, 5) is 13.7. The van der Waals surface area contributed by atoms with Gasteiger partial charge in [0.05, 0.1) is 6.54 Å². The molecule has 0 saturated heterocycles. The van der Waals surface area contributed by atoms with E-state index in [0.717, 1.165) is 16.8 Å². The highest BCUT2D eigenvalue weighted by molar-refractivity contribution is 6.31.